The van der Waals surface area contributed by atoms with Crippen LogP contribution in [0, 0.1) is 0 Å². The number of carbonyl (C=O) groups is 1. The van der Waals surface area contributed by atoms with Gasteiger partial charge in [-0.2, -0.15) is 5.10 Å². The average Bonchev–Trinajstić information content (AvgIpc) is 3.33. The van der Waals surface area contributed by atoms with Gasteiger partial charge in [0, 0.05) is 44.7 Å². The van der Waals surface area contributed by atoms with Crippen molar-refractivity contribution in [2.75, 3.05) is 24.5 Å². The monoisotopic (exact) mass is 343 g/mol. The number of hydrogen-bond donors (Lipinski definition) is 0. The minimum absolute atomic E-state index is 0.208. The molecule has 1 amide bonds. The molecule has 0 N–H and O–H groups in total. The van der Waals surface area contributed by atoms with E-state index in [2.05, 4.69) is 28.8 Å². The zero-order valence-electron chi connectivity index (χ0n) is 14.9. The van der Waals surface area contributed by atoms with Crippen LogP contribution in [0.25, 0.3) is 0 Å². The Morgan fingerprint density at radius 2 is 2.24 bits per heavy atom. The molecule has 7 nitrogen and oxygen atoms in total. The van der Waals surface area contributed by atoms with Gasteiger partial charge in [0.15, 0.2) is 6.39 Å². The number of likely N-dealkylation sites (tertiary alicyclic amines) is 1. The molecule has 0 spiro atoms. The predicted octanol–water partition coefficient (Wildman–Crippen LogP) is 2.57. The van der Waals surface area contributed by atoms with Crippen LogP contribution in [0.4, 0.5) is 5.69 Å². The molecule has 4 heterocycles. The van der Waals surface area contributed by atoms with E-state index < -0.39 is 0 Å². The van der Waals surface area contributed by atoms with Gasteiger partial charge in [-0.3, -0.25) is 14.4 Å². The average molecular weight is 343 g/mol. The fraction of sp³-hybridized carbons (Fsp3) is 0.611. The molecule has 4 rings (SSSR count). The Morgan fingerprint density at radius 3 is 3.00 bits per heavy atom. The molecule has 1 unspecified atom stereocenters. The van der Waals surface area contributed by atoms with E-state index in [1.165, 1.54) is 0 Å². The maximum atomic E-state index is 11.9. The van der Waals surface area contributed by atoms with Gasteiger partial charge in [0.2, 0.25) is 5.91 Å². The number of rotatable bonds is 5. The lowest BCUT2D eigenvalue weighted by atomic mass is 10.1. The molecule has 0 saturated carbocycles. The standard InChI is InChI=1S/C18H25N5O2/c1-13(2)18-16(19-12-25-18)11-21-7-5-14(9-21)23-10-15(8-20-23)22-6-3-4-17(22)24/h8,10,12-14H,3-7,9,11H2,1-2H3. The van der Waals surface area contributed by atoms with Crippen LogP contribution in [0.3, 0.4) is 0 Å². The van der Waals surface area contributed by atoms with Crippen LogP contribution in [-0.4, -0.2) is 45.2 Å². The first kappa shape index (κ1) is 16.3. The summed E-state index contributed by atoms with van der Waals surface area (Å²) < 4.78 is 7.55. The number of amides is 1. The highest BCUT2D eigenvalue weighted by molar-refractivity contribution is 5.95. The lowest BCUT2D eigenvalue weighted by Gasteiger charge is -2.16. The second-order valence-electron chi connectivity index (χ2n) is 7.32. The van der Waals surface area contributed by atoms with E-state index in [1.807, 2.05) is 22.0 Å². The summed E-state index contributed by atoms with van der Waals surface area (Å²) in [5.74, 6) is 1.54. The summed E-state index contributed by atoms with van der Waals surface area (Å²) in [5, 5.41) is 4.52. The van der Waals surface area contributed by atoms with E-state index in [9.17, 15) is 4.79 Å². The second kappa shape index (κ2) is 6.63. The number of carbonyl (C=O) groups excluding carboxylic acids is 1. The largest absolute Gasteiger partial charge is 0.448 e. The second-order valence-corrected chi connectivity index (χ2v) is 7.32. The molecule has 1 atom stereocenters. The van der Waals surface area contributed by atoms with Crippen molar-refractivity contribution >= 4 is 11.6 Å². The van der Waals surface area contributed by atoms with E-state index in [4.69, 9.17) is 4.42 Å². The topological polar surface area (TPSA) is 67.4 Å². The molecule has 0 aliphatic carbocycles. The van der Waals surface area contributed by atoms with Crippen molar-refractivity contribution < 1.29 is 9.21 Å². The van der Waals surface area contributed by atoms with Gasteiger partial charge in [0.05, 0.1) is 23.6 Å². The van der Waals surface area contributed by atoms with Crippen molar-refractivity contribution in [3.8, 4) is 0 Å². The highest BCUT2D eigenvalue weighted by Crippen LogP contribution is 2.27. The number of oxazole rings is 1. The van der Waals surface area contributed by atoms with E-state index >= 15 is 0 Å². The summed E-state index contributed by atoms with van der Waals surface area (Å²) in [7, 11) is 0. The van der Waals surface area contributed by atoms with Crippen LogP contribution in [0.2, 0.25) is 0 Å². The van der Waals surface area contributed by atoms with Gasteiger partial charge in [-0.15, -0.1) is 0 Å². The number of aromatic nitrogens is 3. The van der Waals surface area contributed by atoms with Gasteiger partial charge in [0.25, 0.3) is 0 Å². The third-order valence-electron chi connectivity index (χ3n) is 5.16. The van der Waals surface area contributed by atoms with Gasteiger partial charge in [0.1, 0.15) is 5.76 Å². The molecule has 0 aromatic carbocycles. The van der Waals surface area contributed by atoms with Gasteiger partial charge in [-0.1, -0.05) is 13.8 Å². The molecule has 134 valence electrons. The van der Waals surface area contributed by atoms with Crippen molar-refractivity contribution in [3.05, 3.63) is 30.2 Å². The highest BCUT2D eigenvalue weighted by Gasteiger charge is 2.28. The Balaban J connectivity index is 1.40. The van der Waals surface area contributed by atoms with Crippen LogP contribution in [0.15, 0.2) is 23.2 Å². The molecular formula is C18H25N5O2. The van der Waals surface area contributed by atoms with Crippen molar-refractivity contribution in [2.45, 2.75) is 51.6 Å². The van der Waals surface area contributed by atoms with Gasteiger partial charge >= 0.3 is 0 Å². The number of hydrogen-bond acceptors (Lipinski definition) is 5. The Labute approximate surface area is 147 Å². The maximum absolute atomic E-state index is 11.9. The predicted molar refractivity (Wildman–Crippen MR) is 93.3 cm³/mol. The number of anilines is 1. The molecule has 0 bridgehead atoms. The van der Waals surface area contributed by atoms with E-state index in [0.29, 0.717) is 18.4 Å². The van der Waals surface area contributed by atoms with E-state index in [0.717, 1.165) is 56.2 Å². The molecular weight excluding hydrogens is 318 g/mol. The van der Waals surface area contributed by atoms with Crippen LogP contribution >= 0.6 is 0 Å². The molecule has 2 fully saturated rings. The quantitative estimate of drug-likeness (QED) is 0.835. The molecule has 25 heavy (non-hydrogen) atoms. The Bertz CT molecular complexity index is 750. The molecule has 2 aliphatic heterocycles. The van der Waals surface area contributed by atoms with Crippen molar-refractivity contribution in [1.82, 2.24) is 19.7 Å². The summed E-state index contributed by atoms with van der Waals surface area (Å²) in [6, 6.07) is 0.348. The summed E-state index contributed by atoms with van der Waals surface area (Å²) in [6.45, 7) is 7.85. The Hall–Kier alpha value is -2.15. The normalized spacial score (nSPS) is 21.8. The first-order chi connectivity index (χ1) is 12.1. The smallest absolute Gasteiger partial charge is 0.227 e. The fourth-order valence-electron chi connectivity index (χ4n) is 3.84. The molecule has 7 heteroatoms. The number of nitrogens with zero attached hydrogens (tertiary/aromatic N) is 5. The fourth-order valence-corrected chi connectivity index (χ4v) is 3.84. The summed E-state index contributed by atoms with van der Waals surface area (Å²) in [5.41, 5.74) is 1.97. The molecule has 0 radical (unpaired) electrons. The van der Waals surface area contributed by atoms with E-state index in [-0.39, 0.29) is 5.91 Å². The van der Waals surface area contributed by atoms with Crippen LogP contribution in [0.1, 0.15) is 56.5 Å². The molecule has 2 aromatic rings. The van der Waals surface area contributed by atoms with Gasteiger partial charge in [-0.25, -0.2) is 4.98 Å². The Morgan fingerprint density at radius 1 is 1.36 bits per heavy atom. The maximum Gasteiger partial charge on any atom is 0.227 e. The zero-order chi connectivity index (χ0) is 17.4. The first-order valence-electron chi connectivity index (χ1n) is 9.11. The third kappa shape index (κ3) is 3.20. The zero-order valence-corrected chi connectivity index (χ0v) is 14.9. The third-order valence-corrected chi connectivity index (χ3v) is 5.16. The van der Waals surface area contributed by atoms with Gasteiger partial charge < -0.3 is 9.32 Å². The van der Waals surface area contributed by atoms with Crippen LogP contribution in [0.5, 0.6) is 0 Å². The summed E-state index contributed by atoms with van der Waals surface area (Å²) in [6.07, 6.45) is 8.04. The SMILES string of the molecule is CC(C)c1ocnc1CN1CCC(n2cc(N3CCCC3=O)cn2)C1. The van der Waals surface area contributed by atoms with Crippen molar-refractivity contribution in [2.24, 2.45) is 0 Å². The highest BCUT2D eigenvalue weighted by atomic mass is 16.3. The summed E-state index contributed by atoms with van der Waals surface area (Å²) >= 11 is 0. The summed E-state index contributed by atoms with van der Waals surface area (Å²) in [4.78, 5) is 20.5. The lowest BCUT2D eigenvalue weighted by Crippen LogP contribution is -2.23. The first-order valence-corrected chi connectivity index (χ1v) is 9.11. The van der Waals surface area contributed by atoms with Gasteiger partial charge in [-0.05, 0) is 12.8 Å². The molecule has 2 aliphatic rings. The molecule has 2 aromatic heterocycles. The molecule has 2 saturated heterocycles. The van der Waals surface area contributed by atoms with Crippen LogP contribution in [-0.2, 0) is 11.3 Å². The van der Waals surface area contributed by atoms with Crippen molar-refractivity contribution in [3.63, 3.8) is 0 Å². The van der Waals surface area contributed by atoms with E-state index in [1.54, 1.807) is 6.39 Å². The van der Waals surface area contributed by atoms with Crippen molar-refractivity contribution in [1.29, 1.82) is 0 Å². The van der Waals surface area contributed by atoms with Crippen LogP contribution < -0.4 is 4.90 Å². The lowest BCUT2D eigenvalue weighted by molar-refractivity contribution is -0.117. The minimum atomic E-state index is 0.208. The Kier molecular flexibility index (Phi) is 4.33. The minimum Gasteiger partial charge on any atom is -0.448 e.